The van der Waals surface area contributed by atoms with Crippen molar-refractivity contribution < 1.29 is 23.5 Å². The number of hydrogen-bond donors (Lipinski definition) is 2. The Labute approximate surface area is 174 Å². The summed E-state index contributed by atoms with van der Waals surface area (Å²) in [5, 5.41) is 13.5. The van der Waals surface area contributed by atoms with Crippen LogP contribution in [0.15, 0.2) is 19.7 Å². The number of amides is 1. The van der Waals surface area contributed by atoms with Crippen LogP contribution in [-0.4, -0.2) is 23.0 Å². The maximum Gasteiger partial charge on any atom is 0.339 e. The van der Waals surface area contributed by atoms with Gasteiger partial charge in [0.05, 0.1) is 0 Å². The number of carboxylic acids is 1. The summed E-state index contributed by atoms with van der Waals surface area (Å²) in [4.78, 5) is 36.2. The van der Waals surface area contributed by atoms with Crippen molar-refractivity contribution in [2.24, 2.45) is 5.92 Å². The third kappa shape index (κ3) is 3.72. The average Bonchev–Trinajstić information content (AvgIpc) is 2.95. The van der Waals surface area contributed by atoms with E-state index in [1.807, 2.05) is 33.8 Å². The third-order valence-corrected chi connectivity index (χ3v) is 5.80. The summed E-state index contributed by atoms with van der Waals surface area (Å²) >= 11 is 0. The summed E-state index contributed by atoms with van der Waals surface area (Å²) in [5.41, 5.74) is 3.69. The van der Waals surface area contributed by atoms with Gasteiger partial charge in [-0.1, -0.05) is 13.8 Å². The van der Waals surface area contributed by atoms with E-state index in [-0.39, 0.29) is 18.8 Å². The topological polar surface area (TPSA) is 110 Å². The summed E-state index contributed by atoms with van der Waals surface area (Å²) in [6.45, 7) is 11.0. The first-order valence-electron chi connectivity index (χ1n) is 10.0. The normalized spacial score (nSPS) is 12.6. The van der Waals surface area contributed by atoms with E-state index < -0.39 is 23.5 Å². The number of benzene rings is 1. The number of furan rings is 1. The second kappa shape index (κ2) is 7.97. The highest BCUT2D eigenvalue weighted by atomic mass is 16.4. The molecule has 2 N–H and O–H groups in total. The second-order valence-corrected chi connectivity index (χ2v) is 8.16. The highest BCUT2D eigenvalue weighted by molar-refractivity contribution is 6.00. The maximum absolute atomic E-state index is 12.6. The minimum absolute atomic E-state index is 0.00131. The fourth-order valence-electron chi connectivity index (χ4n) is 3.78. The Kier molecular flexibility index (Phi) is 5.74. The van der Waals surface area contributed by atoms with Crippen LogP contribution in [0.2, 0.25) is 0 Å². The van der Waals surface area contributed by atoms with Crippen molar-refractivity contribution in [1.29, 1.82) is 0 Å². The number of rotatable bonds is 6. The van der Waals surface area contributed by atoms with E-state index in [9.17, 15) is 19.5 Å². The lowest BCUT2D eigenvalue weighted by Gasteiger charge is -2.18. The molecule has 0 radical (unpaired) electrons. The van der Waals surface area contributed by atoms with Crippen molar-refractivity contribution in [2.45, 2.75) is 60.4 Å². The van der Waals surface area contributed by atoms with Gasteiger partial charge in [-0.3, -0.25) is 4.79 Å². The van der Waals surface area contributed by atoms with Crippen LogP contribution in [0.25, 0.3) is 21.9 Å². The number of hydrogen-bond acceptors (Lipinski definition) is 5. The van der Waals surface area contributed by atoms with Crippen LogP contribution in [0.4, 0.5) is 0 Å². The molecule has 1 aromatic carbocycles. The first-order chi connectivity index (χ1) is 14.0. The molecule has 3 rings (SSSR count). The van der Waals surface area contributed by atoms with Crippen LogP contribution in [0.1, 0.15) is 48.3 Å². The number of nitrogens with one attached hydrogen (secondary N) is 1. The molecule has 30 heavy (non-hydrogen) atoms. The molecular weight excluding hydrogens is 386 g/mol. The highest BCUT2D eigenvalue weighted by Gasteiger charge is 2.24. The van der Waals surface area contributed by atoms with Gasteiger partial charge >= 0.3 is 11.6 Å². The molecule has 3 aromatic rings. The van der Waals surface area contributed by atoms with Crippen LogP contribution in [0.5, 0.6) is 0 Å². The largest absolute Gasteiger partial charge is 0.480 e. The summed E-state index contributed by atoms with van der Waals surface area (Å²) < 4.78 is 11.4. The lowest BCUT2D eigenvalue weighted by atomic mass is 9.98. The van der Waals surface area contributed by atoms with Crippen LogP contribution in [0.3, 0.4) is 0 Å². The van der Waals surface area contributed by atoms with E-state index in [0.717, 1.165) is 33.2 Å². The molecule has 0 saturated heterocycles. The molecule has 1 atom stereocenters. The Morgan fingerprint density at radius 3 is 2.20 bits per heavy atom. The number of aryl methyl sites for hydroxylation is 4. The zero-order valence-corrected chi connectivity index (χ0v) is 18.1. The molecule has 160 valence electrons. The van der Waals surface area contributed by atoms with Gasteiger partial charge in [-0.25, -0.2) is 9.59 Å². The van der Waals surface area contributed by atoms with Crippen LogP contribution in [-0.2, 0) is 16.0 Å². The molecule has 0 fully saturated rings. The SMILES string of the molecule is Cc1oc2c(C)c3oc(=O)c(CCC(=O)NC(C(=O)O)C(C)C)c(C)c3cc2c1C. The molecule has 1 amide bonds. The smallest absolute Gasteiger partial charge is 0.339 e. The first kappa shape index (κ1) is 21.6. The first-order valence-corrected chi connectivity index (χ1v) is 10.0. The number of carboxylic acid groups (broad SMARTS) is 1. The van der Waals surface area contributed by atoms with Crippen molar-refractivity contribution in [2.75, 3.05) is 0 Å². The molecule has 0 spiro atoms. The molecule has 0 aliphatic heterocycles. The Hall–Kier alpha value is -3.09. The predicted octanol–water partition coefficient (Wildman–Crippen LogP) is 3.93. The molecule has 0 bridgehead atoms. The fourth-order valence-corrected chi connectivity index (χ4v) is 3.78. The van der Waals surface area contributed by atoms with Gasteiger partial charge in [-0.2, -0.15) is 0 Å². The van der Waals surface area contributed by atoms with E-state index in [4.69, 9.17) is 8.83 Å². The molecule has 2 aromatic heterocycles. The van der Waals surface area contributed by atoms with Crippen LogP contribution < -0.4 is 10.9 Å². The Morgan fingerprint density at radius 1 is 1.00 bits per heavy atom. The number of carbonyl (C=O) groups is 2. The van der Waals surface area contributed by atoms with E-state index in [1.165, 1.54) is 0 Å². The zero-order chi connectivity index (χ0) is 22.3. The maximum atomic E-state index is 12.6. The Balaban J connectivity index is 1.96. The predicted molar refractivity (Wildman–Crippen MR) is 114 cm³/mol. The standard InChI is InChI=1S/C23H27NO6/c1-10(2)19(22(26)27)24-18(25)8-7-15-12(4)17-9-16-11(3)14(6)29-20(16)13(5)21(17)30-23(15)28/h9-10,19H,7-8H2,1-6H3,(H,24,25)(H,26,27). The summed E-state index contributed by atoms with van der Waals surface area (Å²) in [7, 11) is 0. The van der Waals surface area contributed by atoms with Gasteiger partial charge in [-0.05, 0) is 57.2 Å². The Morgan fingerprint density at radius 2 is 1.60 bits per heavy atom. The number of carbonyl (C=O) groups excluding carboxylic acids is 1. The molecule has 0 saturated carbocycles. The van der Waals surface area contributed by atoms with Gasteiger partial charge in [0.2, 0.25) is 5.91 Å². The van der Waals surface area contributed by atoms with Crippen molar-refractivity contribution in [1.82, 2.24) is 5.32 Å². The van der Waals surface area contributed by atoms with Crippen LogP contribution in [0, 0.1) is 33.6 Å². The van der Waals surface area contributed by atoms with Crippen molar-refractivity contribution in [3.8, 4) is 0 Å². The minimum Gasteiger partial charge on any atom is -0.480 e. The third-order valence-electron chi connectivity index (χ3n) is 5.80. The molecule has 0 aliphatic carbocycles. The van der Waals surface area contributed by atoms with Gasteiger partial charge < -0.3 is 19.3 Å². The van der Waals surface area contributed by atoms with Crippen molar-refractivity contribution >= 4 is 33.8 Å². The summed E-state index contributed by atoms with van der Waals surface area (Å²) in [5.74, 6) is -0.919. The number of fused-ring (bicyclic) bond motifs is 2. The van der Waals surface area contributed by atoms with E-state index in [0.29, 0.717) is 16.7 Å². The lowest BCUT2D eigenvalue weighted by Crippen LogP contribution is -2.44. The van der Waals surface area contributed by atoms with Gasteiger partial charge in [0.25, 0.3) is 0 Å². The Bertz CT molecular complexity index is 1210. The molecule has 1 unspecified atom stereocenters. The highest BCUT2D eigenvalue weighted by Crippen LogP contribution is 2.34. The molecule has 2 heterocycles. The summed E-state index contributed by atoms with van der Waals surface area (Å²) in [6, 6.07) is 1.000. The monoisotopic (exact) mass is 413 g/mol. The van der Waals surface area contributed by atoms with Crippen molar-refractivity contribution in [3.05, 3.63) is 44.5 Å². The molecule has 7 heteroatoms. The molecule has 0 aliphatic rings. The van der Waals surface area contributed by atoms with E-state index in [2.05, 4.69) is 5.32 Å². The molecular formula is C23H27NO6. The zero-order valence-electron chi connectivity index (χ0n) is 18.1. The lowest BCUT2D eigenvalue weighted by molar-refractivity contribution is -0.143. The van der Waals surface area contributed by atoms with E-state index >= 15 is 0 Å². The second-order valence-electron chi connectivity index (χ2n) is 8.16. The van der Waals surface area contributed by atoms with Crippen molar-refractivity contribution in [3.63, 3.8) is 0 Å². The van der Waals surface area contributed by atoms with Gasteiger partial charge in [0.15, 0.2) is 0 Å². The van der Waals surface area contributed by atoms with Gasteiger partial charge in [0, 0.05) is 28.3 Å². The minimum atomic E-state index is -1.08. The van der Waals surface area contributed by atoms with E-state index in [1.54, 1.807) is 13.8 Å². The average molecular weight is 413 g/mol. The van der Waals surface area contributed by atoms with Crippen LogP contribution >= 0.6 is 0 Å². The fraction of sp³-hybridized carbons (Fsp3) is 0.435. The van der Waals surface area contributed by atoms with Gasteiger partial charge in [0.1, 0.15) is 23.0 Å². The molecule has 7 nitrogen and oxygen atoms in total. The number of aliphatic carboxylic acids is 1. The van der Waals surface area contributed by atoms with Gasteiger partial charge in [-0.15, -0.1) is 0 Å². The quantitative estimate of drug-likeness (QED) is 0.593. The summed E-state index contributed by atoms with van der Waals surface area (Å²) in [6.07, 6.45) is 0.166.